The van der Waals surface area contributed by atoms with Gasteiger partial charge < -0.3 is 4.57 Å². The van der Waals surface area contributed by atoms with Crippen LogP contribution in [0, 0.1) is 6.92 Å². The molecule has 3 rings (SSSR count). The summed E-state index contributed by atoms with van der Waals surface area (Å²) in [4.78, 5) is 25.3. The first kappa shape index (κ1) is 17.0. The molecule has 0 radical (unpaired) electrons. The average Bonchev–Trinajstić information content (AvgIpc) is 2.64. The maximum atomic E-state index is 12.8. The number of carbonyl (C=O) groups is 1. The van der Waals surface area contributed by atoms with Crippen LogP contribution >= 0.6 is 11.6 Å². The topological polar surface area (TPSA) is 63.1 Å². The van der Waals surface area contributed by atoms with Crippen molar-refractivity contribution in [1.29, 1.82) is 0 Å². The number of fused-ring (bicyclic) bond motifs is 1. The number of pyridine rings is 1. The summed E-state index contributed by atoms with van der Waals surface area (Å²) in [6.07, 6.45) is 1.58. The van der Waals surface area contributed by atoms with Gasteiger partial charge in [-0.2, -0.15) is 0 Å². The van der Waals surface area contributed by atoms with Crippen LogP contribution in [0.4, 0.5) is 5.69 Å². The fraction of sp³-hybridized carbons (Fsp3) is 0.158. The van der Waals surface area contributed by atoms with Gasteiger partial charge in [-0.1, -0.05) is 29.8 Å². The zero-order valence-corrected chi connectivity index (χ0v) is 14.7. The average molecular weight is 356 g/mol. The highest BCUT2D eigenvalue weighted by Gasteiger charge is 2.17. The van der Waals surface area contributed by atoms with Crippen molar-refractivity contribution in [3.8, 4) is 0 Å². The smallest absolute Gasteiger partial charge is 0.275 e. The quantitative estimate of drug-likeness (QED) is 0.701. The van der Waals surface area contributed by atoms with E-state index in [4.69, 9.17) is 11.6 Å². The fourth-order valence-electron chi connectivity index (χ4n) is 2.78. The lowest BCUT2D eigenvalue weighted by atomic mass is 10.1. The maximum Gasteiger partial charge on any atom is 0.275 e. The number of para-hydroxylation sites is 1. The summed E-state index contributed by atoms with van der Waals surface area (Å²) in [5.41, 5.74) is 7.46. The van der Waals surface area contributed by atoms with Crippen molar-refractivity contribution in [3.63, 3.8) is 0 Å². The first-order valence-electron chi connectivity index (χ1n) is 7.96. The Labute approximate surface area is 150 Å². The lowest BCUT2D eigenvalue weighted by Gasteiger charge is -2.15. The highest BCUT2D eigenvalue weighted by molar-refractivity contribution is 6.32. The van der Waals surface area contributed by atoms with Crippen molar-refractivity contribution in [3.05, 3.63) is 75.0 Å². The van der Waals surface area contributed by atoms with Crippen molar-refractivity contribution >= 4 is 34.1 Å². The van der Waals surface area contributed by atoms with Gasteiger partial charge in [0.1, 0.15) is 5.56 Å². The van der Waals surface area contributed by atoms with E-state index in [1.54, 1.807) is 18.3 Å². The van der Waals surface area contributed by atoms with E-state index in [0.717, 1.165) is 16.8 Å². The maximum absolute atomic E-state index is 12.8. The number of carbonyl (C=O) groups excluding carboxylic acids is 1. The van der Waals surface area contributed by atoms with Gasteiger partial charge >= 0.3 is 0 Å². The van der Waals surface area contributed by atoms with E-state index < -0.39 is 5.91 Å². The number of amides is 1. The van der Waals surface area contributed by atoms with E-state index in [1.807, 2.05) is 48.7 Å². The molecule has 0 bridgehead atoms. The van der Waals surface area contributed by atoms with Gasteiger partial charge in [-0.3, -0.25) is 20.4 Å². The molecule has 5 nitrogen and oxygen atoms in total. The standard InChI is InChI=1S/C19H18ClN3O2/c1-3-23-11-15(19(25)22-21-13-7-5-4-6-8-13)18(24)14-9-10-16(20)12(2)17(14)23/h4-11,21H,3H2,1-2H3,(H,22,25). The van der Waals surface area contributed by atoms with Crippen molar-refractivity contribution in [2.75, 3.05) is 5.43 Å². The Morgan fingerprint density at radius 1 is 1.16 bits per heavy atom. The van der Waals surface area contributed by atoms with Crippen LogP contribution in [0.1, 0.15) is 22.8 Å². The second-order valence-corrected chi connectivity index (χ2v) is 6.08. The molecule has 2 aromatic carbocycles. The van der Waals surface area contributed by atoms with Crippen LogP contribution in [0.5, 0.6) is 0 Å². The molecule has 0 spiro atoms. The number of hydrogen-bond donors (Lipinski definition) is 2. The molecule has 0 aliphatic carbocycles. The van der Waals surface area contributed by atoms with Crippen LogP contribution in [0.2, 0.25) is 5.02 Å². The number of rotatable bonds is 4. The Kier molecular flexibility index (Phi) is 4.76. The molecular weight excluding hydrogens is 338 g/mol. The van der Waals surface area contributed by atoms with Gasteiger partial charge in [0.25, 0.3) is 5.91 Å². The molecule has 1 heterocycles. The van der Waals surface area contributed by atoms with Gasteiger partial charge in [-0.05, 0) is 43.7 Å². The number of benzene rings is 2. The molecule has 0 saturated heterocycles. The number of anilines is 1. The van der Waals surface area contributed by atoms with Gasteiger partial charge in [0.15, 0.2) is 0 Å². The van der Waals surface area contributed by atoms with E-state index in [9.17, 15) is 9.59 Å². The summed E-state index contributed by atoms with van der Waals surface area (Å²) in [5.74, 6) is -0.481. The van der Waals surface area contributed by atoms with Gasteiger partial charge in [-0.25, -0.2) is 0 Å². The van der Waals surface area contributed by atoms with E-state index in [0.29, 0.717) is 17.0 Å². The first-order valence-corrected chi connectivity index (χ1v) is 8.34. The SMILES string of the molecule is CCn1cc(C(=O)NNc2ccccc2)c(=O)c2ccc(Cl)c(C)c21. The number of nitrogens with one attached hydrogen (secondary N) is 2. The number of aryl methyl sites for hydroxylation is 2. The van der Waals surface area contributed by atoms with Crippen LogP contribution in [-0.4, -0.2) is 10.5 Å². The summed E-state index contributed by atoms with van der Waals surface area (Å²) in [7, 11) is 0. The monoisotopic (exact) mass is 355 g/mol. The lowest BCUT2D eigenvalue weighted by Crippen LogP contribution is -2.33. The zero-order valence-electron chi connectivity index (χ0n) is 14.0. The molecule has 0 aliphatic rings. The summed E-state index contributed by atoms with van der Waals surface area (Å²) in [5, 5.41) is 1.08. The van der Waals surface area contributed by atoms with Gasteiger partial charge in [0.2, 0.25) is 5.43 Å². The molecule has 128 valence electrons. The molecule has 3 aromatic rings. The van der Waals surface area contributed by atoms with E-state index in [-0.39, 0.29) is 11.0 Å². The van der Waals surface area contributed by atoms with E-state index in [1.165, 1.54) is 0 Å². The number of hydrazine groups is 1. The molecule has 0 fully saturated rings. The highest BCUT2D eigenvalue weighted by atomic mass is 35.5. The third kappa shape index (κ3) is 3.23. The number of aromatic nitrogens is 1. The summed E-state index contributed by atoms with van der Waals surface area (Å²) in [6.45, 7) is 4.44. The van der Waals surface area contributed by atoms with Crippen molar-refractivity contribution < 1.29 is 4.79 Å². The molecule has 0 unspecified atom stereocenters. The largest absolute Gasteiger partial charge is 0.346 e. The Hall–Kier alpha value is -2.79. The highest BCUT2D eigenvalue weighted by Crippen LogP contribution is 2.24. The molecule has 25 heavy (non-hydrogen) atoms. The van der Waals surface area contributed by atoms with Crippen LogP contribution in [0.25, 0.3) is 10.9 Å². The third-order valence-corrected chi connectivity index (χ3v) is 4.52. The number of halogens is 1. The molecule has 1 amide bonds. The first-order chi connectivity index (χ1) is 12.0. The second kappa shape index (κ2) is 6.99. The van der Waals surface area contributed by atoms with Crippen molar-refractivity contribution in [2.24, 2.45) is 0 Å². The van der Waals surface area contributed by atoms with Crippen molar-refractivity contribution in [1.82, 2.24) is 9.99 Å². The Bertz CT molecular complexity index is 997. The van der Waals surface area contributed by atoms with Crippen LogP contribution < -0.4 is 16.3 Å². The molecule has 0 atom stereocenters. The van der Waals surface area contributed by atoms with Crippen LogP contribution in [-0.2, 0) is 6.54 Å². The van der Waals surface area contributed by atoms with Gasteiger partial charge in [0.05, 0.1) is 11.2 Å². The number of hydrogen-bond acceptors (Lipinski definition) is 3. The molecule has 6 heteroatoms. The summed E-state index contributed by atoms with van der Waals surface area (Å²) < 4.78 is 1.87. The van der Waals surface area contributed by atoms with E-state index in [2.05, 4.69) is 10.9 Å². The summed E-state index contributed by atoms with van der Waals surface area (Å²) >= 11 is 6.18. The normalized spacial score (nSPS) is 10.7. The minimum atomic E-state index is -0.481. The third-order valence-electron chi connectivity index (χ3n) is 4.11. The van der Waals surface area contributed by atoms with E-state index >= 15 is 0 Å². The molecule has 1 aromatic heterocycles. The molecule has 0 saturated carbocycles. The predicted octanol–water partition coefficient (Wildman–Crippen LogP) is 3.74. The van der Waals surface area contributed by atoms with Crippen molar-refractivity contribution in [2.45, 2.75) is 20.4 Å². The Balaban J connectivity index is 2.02. The Morgan fingerprint density at radius 2 is 1.88 bits per heavy atom. The molecule has 2 N–H and O–H groups in total. The predicted molar refractivity (Wildman–Crippen MR) is 101 cm³/mol. The minimum absolute atomic E-state index is 0.0829. The summed E-state index contributed by atoms with van der Waals surface area (Å²) in [6, 6.07) is 12.6. The lowest BCUT2D eigenvalue weighted by molar-refractivity contribution is 0.0961. The van der Waals surface area contributed by atoms with Gasteiger partial charge in [0, 0.05) is 23.2 Å². The fourth-order valence-corrected chi connectivity index (χ4v) is 2.93. The molecule has 0 aliphatic heterocycles. The minimum Gasteiger partial charge on any atom is -0.346 e. The Morgan fingerprint density at radius 3 is 2.56 bits per heavy atom. The van der Waals surface area contributed by atoms with Crippen LogP contribution in [0.15, 0.2) is 53.5 Å². The second-order valence-electron chi connectivity index (χ2n) is 5.67. The number of nitrogens with zero attached hydrogens (tertiary/aromatic N) is 1. The molecular formula is C19H18ClN3O2. The van der Waals surface area contributed by atoms with Crippen LogP contribution in [0.3, 0.4) is 0 Å². The van der Waals surface area contributed by atoms with Gasteiger partial charge in [-0.15, -0.1) is 0 Å². The zero-order chi connectivity index (χ0) is 18.0.